The van der Waals surface area contributed by atoms with Crippen molar-refractivity contribution in [3.63, 3.8) is 0 Å². The van der Waals surface area contributed by atoms with Crippen LogP contribution in [0.1, 0.15) is 36.9 Å². The molecule has 0 aromatic heterocycles. The van der Waals surface area contributed by atoms with Gasteiger partial charge in [0.1, 0.15) is 5.75 Å². The highest BCUT2D eigenvalue weighted by Crippen LogP contribution is 2.35. The summed E-state index contributed by atoms with van der Waals surface area (Å²) in [6, 6.07) is 6.54. The summed E-state index contributed by atoms with van der Waals surface area (Å²) >= 11 is 0. The van der Waals surface area contributed by atoms with Gasteiger partial charge < -0.3 is 9.84 Å². The van der Waals surface area contributed by atoms with Gasteiger partial charge in [-0.2, -0.15) is 0 Å². The number of rotatable bonds is 5. The van der Waals surface area contributed by atoms with Gasteiger partial charge in [0.25, 0.3) is 0 Å². The first-order valence-corrected chi connectivity index (χ1v) is 7.12. The first-order chi connectivity index (χ1) is 9.52. The maximum absolute atomic E-state index is 11.0. The Balaban J connectivity index is 2.17. The predicted octanol–water partition coefficient (Wildman–Crippen LogP) is 2.73. The van der Waals surface area contributed by atoms with Crippen molar-refractivity contribution in [3.05, 3.63) is 29.3 Å². The molecule has 0 saturated carbocycles. The number of ether oxygens (including phenoxy) is 1. The van der Waals surface area contributed by atoms with Crippen molar-refractivity contribution in [2.24, 2.45) is 5.92 Å². The van der Waals surface area contributed by atoms with E-state index in [9.17, 15) is 4.79 Å². The first-order valence-electron chi connectivity index (χ1n) is 7.12. The van der Waals surface area contributed by atoms with E-state index >= 15 is 0 Å². The van der Waals surface area contributed by atoms with Crippen molar-refractivity contribution < 1.29 is 14.6 Å². The average Bonchev–Trinajstić information content (AvgIpc) is 2.45. The molecule has 0 radical (unpaired) electrons. The van der Waals surface area contributed by atoms with Crippen molar-refractivity contribution >= 4 is 5.97 Å². The van der Waals surface area contributed by atoms with Gasteiger partial charge in [0.15, 0.2) is 0 Å². The van der Waals surface area contributed by atoms with Crippen LogP contribution in [0.2, 0.25) is 0 Å². The molecule has 0 aliphatic heterocycles. The van der Waals surface area contributed by atoms with Gasteiger partial charge in [-0.1, -0.05) is 13.0 Å². The maximum atomic E-state index is 11.0. The van der Waals surface area contributed by atoms with E-state index in [2.05, 4.69) is 17.0 Å². The predicted molar refractivity (Wildman–Crippen MR) is 78.1 cm³/mol. The third kappa shape index (κ3) is 3.12. The summed E-state index contributed by atoms with van der Waals surface area (Å²) in [5.74, 6) is -0.183. The summed E-state index contributed by atoms with van der Waals surface area (Å²) < 4.78 is 5.28. The van der Waals surface area contributed by atoms with Crippen LogP contribution in [-0.2, 0) is 11.2 Å². The third-order valence-corrected chi connectivity index (χ3v) is 4.15. The van der Waals surface area contributed by atoms with E-state index in [-0.39, 0.29) is 5.92 Å². The minimum Gasteiger partial charge on any atom is -0.497 e. The van der Waals surface area contributed by atoms with Gasteiger partial charge in [0.05, 0.1) is 13.0 Å². The van der Waals surface area contributed by atoms with Crippen LogP contribution in [-0.4, -0.2) is 36.7 Å². The number of carboxylic acids is 1. The number of carbonyl (C=O) groups is 1. The van der Waals surface area contributed by atoms with E-state index in [1.807, 2.05) is 13.1 Å². The SMILES string of the molecule is COc1ccc2c(c1)CCCC2N(C)CC(C)C(=O)O. The molecule has 1 aromatic rings. The number of fused-ring (bicyclic) bond motifs is 1. The molecule has 110 valence electrons. The molecule has 1 N–H and O–H groups in total. The van der Waals surface area contributed by atoms with Crippen molar-refractivity contribution in [2.75, 3.05) is 20.7 Å². The average molecular weight is 277 g/mol. The van der Waals surface area contributed by atoms with Crippen molar-refractivity contribution in [1.29, 1.82) is 0 Å². The number of benzene rings is 1. The van der Waals surface area contributed by atoms with E-state index < -0.39 is 5.97 Å². The molecule has 20 heavy (non-hydrogen) atoms. The molecular formula is C16H23NO3. The second-order valence-electron chi connectivity index (χ2n) is 5.65. The summed E-state index contributed by atoms with van der Waals surface area (Å²) in [5, 5.41) is 9.05. The van der Waals surface area contributed by atoms with Crippen molar-refractivity contribution in [2.45, 2.75) is 32.2 Å². The summed E-state index contributed by atoms with van der Waals surface area (Å²) in [5.41, 5.74) is 2.65. The topological polar surface area (TPSA) is 49.8 Å². The molecule has 0 spiro atoms. The number of nitrogens with zero attached hydrogens (tertiary/aromatic N) is 1. The Morgan fingerprint density at radius 2 is 2.30 bits per heavy atom. The minimum absolute atomic E-state index is 0.312. The highest BCUT2D eigenvalue weighted by atomic mass is 16.5. The van der Waals surface area contributed by atoms with Crippen LogP contribution in [0.15, 0.2) is 18.2 Å². The van der Waals surface area contributed by atoms with Crippen LogP contribution in [0.3, 0.4) is 0 Å². The van der Waals surface area contributed by atoms with Gasteiger partial charge >= 0.3 is 5.97 Å². The maximum Gasteiger partial charge on any atom is 0.307 e. The molecule has 1 aromatic carbocycles. The molecular weight excluding hydrogens is 254 g/mol. The van der Waals surface area contributed by atoms with E-state index in [4.69, 9.17) is 9.84 Å². The summed E-state index contributed by atoms with van der Waals surface area (Å²) in [4.78, 5) is 13.2. The smallest absolute Gasteiger partial charge is 0.307 e. The number of methoxy groups -OCH3 is 1. The molecule has 4 heteroatoms. The molecule has 2 rings (SSSR count). The highest BCUT2D eigenvalue weighted by molar-refractivity contribution is 5.69. The Morgan fingerprint density at radius 3 is 2.95 bits per heavy atom. The van der Waals surface area contributed by atoms with Gasteiger partial charge in [-0.15, -0.1) is 0 Å². The zero-order valence-corrected chi connectivity index (χ0v) is 12.4. The molecule has 0 saturated heterocycles. The number of aliphatic carboxylic acids is 1. The van der Waals surface area contributed by atoms with Crippen LogP contribution in [0.5, 0.6) is 5.75 Å². The van der Waals surface area contributed by atoms with Crippen LogP contribution >= 0.6 is 0 Å². The van der Waals surface area contributed by atoms with E-state index in [1.54, 1.807) is 14.0 Å². The molecule has 2 unspecified atom stereocenters. The Kier molecular flexibility index (Phi) is 4.65. The van der Waals surface area contributed by atoms with Crippen LogP contribution in [0.4, 0.5) is 0 Å². The largest absolute Gasteiger partial charge is 0.497 e. The molecule has 0 bridgehead atoms. The lowest BCUT2D eigenvalue weighted by Crippen LogP contribution is -2.33. The third-order valence-electron chi connectivity index (χ3n) is 4.15. The van der Waals surface area contributed by atoms with Gasteiger partial charge in [-0.25, -0.2) is 0 Å². The normalized spacial score (nSPS) is 19.5. The Hall–Kier alpha value is -1.55. The van der Waals surface area contributed by atoms with Gasteiger partial charge in [-0.3, -0.25) is 9.69 Å². The standard InChI is InChI=1S/C16H23NO3/c1-11(16(18)19)10-17(2)15-6-4-5-12-9-13(20-3)7-8-14(12)15/h7-9,11,15H,4-6,10H2,1-3H3,(H,18,19). The lowest BCUT2D eigenvalue weighted by molar-refractivity contribution is -0.141. The van der Waals surface area contributed by atoms with Crippen molar-refractivity contribution in [1.82, 2.24) is 4.90 Å². The molecule has 1 aliphatic carbocycles. The van der Waals surface area contributed by atoms with Gasteiger partial charge in [0.2, 0.25) is 0 Å². The van der Waals surface area contributed by atoms with Crippen LogP contribution in [0, 0.1) is 5.92 Å². The lowest BCUT2D eigenvalue weighted by Gasteiger charge is -2.34. The number of aryl methyl sites for hydroxylation is 1. The van der Waals surface area contributed by atoms with E-state index in [1.165, 1.54) is 11.1 Å². The van der Waals surface area contributed by atoms with E-state index in [0.29, 0.717) is 12.6 Å². The van der Waals surface area contributed by atoms with Crippen LogP contribution in [0.25, 0.3) is 0 Å². The number of carboxylic acid groups (broad SMARTS) is 1. The quantitative estimate of drug-likeness (QED) is 0.899. The van der Waals surface area contributed by atoms with Gasteiger partial charge in [-0.05, 0) is 49.6 Å². The lowest BCUT2D eigenvalue weighted by atomic mass is 9.86. The Morgan fingerprint density at radius 1 is 1.55 bits per heavy atom. The summed E-state index contributed by atoms with van der Waals surface area (Å²) in [6.07, 6.45) is 3.30. The Bertz CT molecular complexity index is 487. The summed E-state index contributed by atoms with van der Waals surface area (Å²) in [7, 11) is 3.70. The highest BCUT2D eigenvalue weighted by Gasteiger charge is 2.26. The molecule has 1 aliphatic rings. The molecule has 2 atom stereocenters. The zero-order chi connectivity index (χ0) is 14.7. The fraction of sp³-hybridized carbons (Fsp3) is 0.562. The van der Waals surface area contributed by atoms with Gasteiger partial charge in [0, 0.05) is 12.6 Å². The first kappa shape index (κ1) is 14.9. The van der Waals surface area contributed by atoms with Crippen LogP contribution < -0.4 is 4.74 Å². The number of hydrogen-bond donors (Lipinski definition) is 1. The summed E-state index contributed by atoms with van der Waals surface area (Å²) in [6.45, 7) is 2.34. The number of hydrogen-bond acceptors (Lipinski definition) is 3. The van der Waals surface area contributed by atoms with Crippen molar-refractivity contribution in [3.8, 4) is 5.75 Å². The zero-order valence-electron chi connectivity index (χ0n) is 12.4. The van der Waals surface area contributed by atoms with E-state index in [0.717, 1.165) is 25.0 Å². The second kappa shape index (κ2) is 6.27. The minimum atomic E-state index is -0.734. The molecule has 0 amide bonds. The molecule has 4 nitrogen and oxygen atoms in total. The molecule has 0 heterocycles. The Labute approximate surface area is 120 Å². The second-order valence-corrected chi connectivity index (χ2v) is 5.65. The monoisotopic (exact) mass is 277 g/mol. The fourth-order valence-corrected chi connectivity index (χ4v) is 2.99. The fourth-order valence-electron chi connectivity index (χ4n) is 2.99. The molecule has 0 fully saturated rings.